The molecule has 2 aromatic heterocycles. The maximum Gasteiger partial charge on any atom is 0.0547 e. The molecule has 0 amide bonds. The predicted octanol–water partition coefficient (Wildman–Crippen LogP) is 12.7. The van der Waals surface area contributed by atoms with E-state index in [-0.39, 0.29) is 0 Å². The zero-order chi connectivity index (χ0) is 33.0. The van der Waals surface area contributed by atoms with Crippen molar-refractivity contribution in [2.24, 2.45) is 0 Å². The number of para-hydroxylation sites is 1. The van der Waals surface area contributed by atoms with Gasteiger partial charge in [0.25, 0.3) is 0 Å². The van der Waals surface area contributed by atoms with Crippen molar-refractivity contribution in [3.8, 4) is 44.8 Å². The first kappa shape index (κ1) is 28.6. The lowest BCUT2D eigenvalue weighted by Crippen LogP contribution is -2.00. The van der Waals surface area contributed by atoms with E-state index in [0.717, 1.165) is 12.8 Å². The Labute approximate surface area is 291 Å². The molecule has 0 N–H and O–H groups in total. The number of aromatic nitrogens is 2. The van der Waals surface area contributed by atoms with Crippen LogP contribution in [0.1, 0.15) is 17.7 Å². The number of aryl methyl sites for hydroxylation is 1. The van der Waals surface area contributed by atoms with E-state index >= 15 is 0 Å². The van der Waals surface area contributed by atoms with Crippen LogP contribution in [0, 0.1) is 0 Å². The van der Waals surface area contributed by atoms with Crippen LogP contribution in [0.4, 0.5) is 0 Å². The second-order valence-corrected chi connectivity index (χ2v) is 13.3. The molecule has 2 heterocycles. The lowest BCUT2D eigenvalue weighted by Gasteiger charge is -2.13. The first-order valence-electron chi connectivity index (χ1n) is 17.5. The van der Waals surface area contributed by atoms with Crippen LogP contribution in [0.2, 0.25) is 0 Å². The molecule has 1 aliphatic rings. The van der Waals surface area contributed by atoms with Crippen molar-refractivity contribution in [1.29, 1.82) is 0 Å². The molecular formula is C48H34N2. The molecule has 0 radical (unpaired) electrons. The monoisotopic (exact) mass is 638 g/mol. The van der Waals surface area contributed by atoms with Crippen molar-refractivity contribution in [3.05, 3.63) is 187 Å². The highest BCUT2D eigenvalue weighted by molar-refractivity contribution is 6.10. The fourth-order valence-electron chi connectivity index (χ4n) is 8.03. The predicted molar refractivity (Wildman–Crippen MR) is 211 cm³/mol. The number of fused-ring (bicyclic) bond motifs is 6. The van der Waals surface area contributed by atoms with Gasteiger partial charge in [-0.3, -0.25) is 0 Å². The maximum atomic E-state index is 2.46. The zero-order valence-corrected chi connectivity index (χ0v) is 27.6. The molecule has 0 fully saturated rings. The van der Waals surface area contributed by atoms with Crippen LogP contribution in [0.15, 0.2) is 176 Å². The van der Waals surface area contributed by atoms with Crippen LogP contribution in [0.3, 0.4) is 0 Å². The summed E-state index contributed by atoms with van der Waals surface area (Å²) in [5.41, 5.74) is 16.1. The number of allylic oxidation sites excluding steroid dienone is 1. The summed E-state index contributed by atoms with van der Waals surface area (Å²) >= 11 is 0. The van der Waals surface area contributed by atoms with Gasteiger partial charge in [-0.1, -0.05) is 127 Å². The number of nitrogens with zero attached hydrogens (tertiary/aromatic N) is 2. The molecule has 236 valence electrons. The molecule has 0 unspecified atom stereocenters. The van der Waals surface area contributed by atoms with Crippen LogP contribution in [0.25, 0.3) is 83.5 Å². The van der Waals surface area contributed by atoms with Crippen molar-refractivity contribution < 1.29 is 0 Å². The average Bonchev–Trinajstić information content (AvgIpc) is 3.71. The highest BCUT2D eigenvalue weighted by atomic mass is 15.0. The summed E-state index contributed by atoms with van der Waals surface area (Å²) in [7, 11) is 0. The number of hydrogen-bond acceptors (Lipinski definition) is 0. The van der Waals surface area contributed by atoms with Gasteiger partial charge in [-0.2, -0.15) is 0 Å². The highest BCUT2D eigenvalue weighted by Crippen LogP contribution is 2.39. The first-order valence-corrected chi connectivity index (χ1v) is 17.5. The van der Waals surface area contributed by atoms with Gasteiger partial charge in [-0.15, -0.1) is 0 Å². The number of hydrogen-bond donors (Lipinski definition) is 0. The van der Waals surface area contributed by atoms with Gasteiger partial charge in [-0.05, 0) is 106 Å². The molecular weight excluding hydrogens is 605 g/mol. The number of benzene rings is 7. The van der Waals surface area contributed by atoms with E-state index in [1.54, 1.807) is 0 Å². The summed E-state index contributed by atoms with van der Waals surface area (Å²) in [6.45, 7) is 0. The van der Waals surface area contributed by atoms with Gasteiger partial charge in [0.2, 0.25) is 0 Å². The van der Waals surface area contributed by atoms with E-state index in [2.05, 4.69) is 191 Å². The molecule has 0 saturated heterocycles. The van der Waals surface area contributed by atoms with E-state index in [1.807, 2.05) is 0 Å². The molecule has 1 aliphatic carbocycles. The van der Waals surface area contributed by atoms with Crippen LogP contribution < -0.4 is 0 Å². The lowest BCUT2D eigenvalue weighted by molar-refractivity contribution is 0.968. The Balaban J connectivity index is 1.13. The normalized spacial score (nSPS) is 12.6. The molecule has 2 heteroatoms. The van der Waals surface area contributed by atoms with Gasteiger partial charge < -0.3 is 9.13 Å². The van der Waals surface area contributed by atoms with E-state index in [9.17, 15) is 0 Å². The minimum Gasteiger partial charge on any atom is -0.310 e. The van der Waals surface area contributed by atoms with E-state index in [0.29, 0.717) is 0 Å². The Hall–Kier alpha value is -6.38. The van der Waals surface area contributed by atoms with Crippen LogP contribution in [0.5, 0.6) is 0 Å². The summed E-state index contributed by atoms with van der Waals surface area (Å²) in [5, 5.41) is 3.87. The summed E-state index contributed by atoms with van der Waals surface area (Å²) in [5.74, 6) is 0. The third kappa shape index (κ3) is 4.64. The molecule has 9 aromatic rings. The lowest BCUT2D eigenvalue weighted by atomic mass is 9.97. The van der Waals surface area contributed by atoms with Gasteiger partial charge in [-0.25, -0.2) is 0 Å². The molecule has 0 saturated carbocycles. The van der Waals surface area contributed by atoms with Crippen LogP contribution in [-0.4, -0.2) is 9.13 Å². The third-order valence-electron chi connectivity index (χ3n) is 10.4. The fourth-order valence-corrected chi connectivity index (χ4v) is 8.03. The van der Waals surface area contributed by atoms with Gasteiger partial charge in [0.05, 0.1) is 16.6 Å². The summed E-state index contributed by atoms with van der Waals surface area (Å²) in [6, 6.07) is 62.0. The minimum atomic E-state index is 1.04. The topological polar surface area (TPSA) is 9.86 Å². The second kappa shape index (κ2) is 11.6. The maximum absolute atomic E-state index is 2.46. The Morgan fingerprint density at radius 1 is 0.360 bits per heavy atom. The minimum absolute atomic E-state index is 1.04. The van der Waals surface area contributed by atoms with Gasteiger partial charge >= 0.3 is 0 Å². The molecule has 0 atom stereocenters. The van der Waals surface area contributed by atoms with E-state index < -0.39 is 0 Å². The molecule has 50 heavy (non-hydrogen) atoms. The molecule has 7 aromatic carbocycles. The summed E-state index contributed by atoms with van der Waals surface area (Å²) < 4.78 is 4.89. The number of rotatable bonds is 5. The third-order valence-corrected chi connectivity index (χ3v) is 10.4. The van der Waals surface area contributed by atoms with E-state index in [1.165, 1.54) is 88.7 Å². The largest absolute Gasteiger partial charge is 0.310 e. The highest BCUT2D eigenvalue weighted by Gasteiger charge is 2.20. The van der Waals surface area contributed by atoms with Crippen molar-refractivity contribution in [2.75, 3.05) is 0 Å². The Morgan fingerprint density at radius 2 is 0.920 bits per heavy atom. The van der Waals surface area contributed by atoms with Crippen molar-refractivity contribution in [3.63, 3.8) is 0 Å². The zero-order valence-electron chi connectivity index (χ0n) is 27.6. The molecule has 2 nitrogen and oxygen atoms in total. The van der Waals surface area contributed by atoms with Crippen LogP contribution >= 0.6 is 0 Å². The Bertz CT molecular complexity index is 2740. The van der Waals surface area contributed by atoms with Gasteiger partial charge in [0, 0.05) is 33.2 Å². The standard InChI is InChI=1S/C48H34N2/c1-3-13-33(14-4-1)35-17-11-19-39(29-35)49-46-24-10-8-22-42(46)44-31-37(26-28-47(44)49)38-25-27-43-41-21-7-9-23-45(41)50(48(43)32-38)40-20-12-18-36(30-40)34-15-5-2-6-16-34/h1-7,9-21,23-32H,8,22H2. The van der Waals surface area contributed by atoms with Crippen molar-refractivity contribution >= 4 is 38.8 Å². The Kier molecular flexibility index (Phi) is 6.67. The van der Waals surface area contributed by atoms with Gasteiger partial charge in [0.15, 0.2) is 0 Å². The summed E-state index contributed by atoms with van der Waals surface area (Å²) in [4.78, 5) is 0. The quantitative estimate of drug-likeness (QED) is 0.178. The smallest absolute Gasteiger partial charge is 0.0547 e. The summed E-state index contributed by atoms with van der Waals surface area (Å²) in [6.07, 6.45) is 6.75. The molecule has 10 rings (SSSR count). The fraction of sp³-hybridized carbons (Fsp3) is 0.0417. The average molecular weight is 639 g/mol. The van der Waals surface area contributed by atoms with Crippen molar-refractivity contribution in [2.45, 2.75) is 12.8 Å². The van der Waals surface area contributed by atoms with Gasteiger partial charge in [0.1, 0.15) is 0 Å². The molecule has 0 spiro atoms. The second-order valence-electron chi connectivity index (χ2n) is 13.3. The SMILES string of the molecule is C1=Cc2c(c3cc(-c4ccc5c6ccccc6n(-c6cccc(-c7ccccc7)c6)c5c4)ccc3n2-c2cccc(-c3ccccc3)c2)CC1. The molecule has 0 bridgehead atoms. The molecule has 0 aliphatic heterocycles. The Morgan fingerprint density at radius 3 is 1.66 bits per heavy atom. The van der Waals surface area contributed by atoms with E-state index in [4.69, 9.17) is 0 Å². The van der Waals surface area contributed by atoms with Crippen molar-refractivity contribution in [1.82, 2.24) is 9.13 Å². The first-order chi connectivity index (χ1) is 24.8. The van der Waals surface area contributed by atoms with Crippen LogP contribution in [-0.2, 0) is 6.42 Å².